The number of anilines is 1. The minimum absolute atomic E-state index is 0.00462. The van der Waals surface area contributed by atoms with Gasteiger partial charge in [-0.1, -0.05) is 27.7 Å². The third-order valence-corrected chi connectivity index (χ3v) is 6.69. The number of thioether (sulfide) groups is 1. The van der Waals surface area contributed by atoms with Crippen LogP contribution in [0.5, 0.6) is 5.75 Å². The van der Waals surface area contributed by atoms with Crippen molar-refractivity contribution in [2.75, 3.05) is 18.2 Å². The molecule has 8 nitrogen and oxygen atoms in total. The molecule has 3 aromatic carbocycles. The van der Waals surface area contributed by atoms with Crippen LogP contribution in [-0.4, -0.2) is 38.4 Å². The number of carbonyl (C=O) groups is 1. The highest BCUT2D eigenvalue weighted by molar-refractivity contribution is 9.10. The molecule has 0 spiro atoms. The topological polar surface area (TPSA) is 98.5 Å². The molecule has 11 heteroatoms. The minimum atomic E-state index is -0.541. The molecule has 0 radical (unpaired) electrons. The summed E-state index contributed by atoms with van der Waals surface area (Å²) in [6, 6.07) is 18.1. The Balaban J connectivity index is 1.55. The Morgan fingerprint density at radius 3 is 2.56 bits per heavy atom. The van der Waals surface area contributed by atoms with Gasteiger partial charge in [-0.15, -0.1) is 0 Å². The van der Waals surface area contributed by atoms with Gasteiger partial charge in [0.15, 0.2) is 16.5 Å². The summed E-state index contributed by atoms with van der Waals surface area (Å²) in [5.74, 6) is -0.102. The van der Waals surface area contributed by atoms with Crippen molar-refractivity contribution in [3.63, 3.8) is 0 Å². The fourth-order valence-corrected chi connectivity index (χ4v) is 4.52. The lowest BCUT2D eigenvalue weighted by molar-refractivity contribution is -0.113. The van der Waals surface area contributed by atoms with Crippen LogP contribution in [0.3, 0.4) is 0 Å². The maximum atomic E-state index is 14.0. The lowest BCUT2D eigenvalue weighted by Crippen LogP contribution is -2.19. The number of amides is 1. The van der Waals surface area contributed by atoms with Gasteiger partial charge in [-0.25, -0.2) is 9.37 Å². The Labute approximate surface area is 216 Å². The van der Waals surface area contributed by atoms with Crippen LogP contribution in [0, 0.1) is 5.82 Å². The van der Waals surface area contributed by atoms with Crippen molar-refractivity contribution in [3.8, 4) is 17.0 Å². The average molecular weight is 566 g/mol. The third-order valence-electron chi connectivity index (χ3n) is 5.23. The molecule has 5 rings (SSSR count). The second-order valence-electron chi connectivity index (χ2n) is 7.63. The number of hydrogen-bond acceptors (Lipinski definition) is 7. The Hall–Kier alpha value is -3.83. The first-order valence-electron chi connectivity index (χ1n) is 10.6. The number of aromatic nitrogens is 4. The van der Waals surface area contributed by atoms with Crippen molar-refractivity contribution < 1.29 is 13.9 Å². The Morgan fingerprint density at radius 2 is 1.83 bits per heavy atom. The number of nitrogens with zero attached hydrogens (tertiary/aromatic N) is 4. The summed E-state index contributed by atoms with van der Waals surface area (Å²) in [5.41, 5.74) is 1.29. The lowest BCUT2D eigenvalue weighted by atomic mass is 10.1. The first-order valence-corrected chi connectivity index (χ1v) is 12.4. The zero-order valence-corrected chi connectivity index (χ0v) is 21.1. The van der Waals surface area contributed by atoms with E-state index in [1.54, 1.807) is 43.5 Å². The zero-order valence-electron chi connectivity index (χ0n) is 18.7. The molecule has 2 aromatic heterocycles. The van der Waals surface area contributed by atoms with Crippen LogP contribution < -0.4 is 15.6 Å². The molecule has 1 N–H and O–H groups in total. The number of benzene rings is 3. The van der Waals surface area contributed by atoms with Crippen LogP contribution in [0.15, 0.2) is 81.2 Å². The first kappa shape index (κ1) is 23.9. The van der Waals surface area contributed by atoms with Gasteiger partial charge in [-0.05, 0) is 60.7 Å². The summed E-state index contributed by atoms with van der Waals surface area (Å²) in [6.45, 7) is 0. The monoisotopic (exact) mass is 565 g/mol. The van der Waals surface area contributed by atoms with Crippen molar-refractivity contribution in [1.82, 2.24) is 19.6 Å². The molecule has 36 heavy (non-hydrogen) atoms. The fraction of sp³-hybridized carbons (Fsp3) is 0.0800. The number of nitrogens with one attached hydrogen (secondary N) is 1. The van der Waals surface area contributed by atoms with Crippen molar-refractivity contribution in [1.29, 1.82) is 0 Å². The highest BCUT2D eigenvalue weighted by Crippen LogP contribution is 2.25. The van der Waals surface area contributed by atoms with Crippen molar-refractivity contribution in [2.24, 2.45) is 0 Å². The van der Waals surface area contributed by atoms with Crippen molar-refractivity contribution in [3.05, 3.63) is 87.4 Å². The van der Waals surface area contributed by atoms with Crippen LogP contribution in [-0.2, 0) is 4.79 Å². The molecule has 0 saturated heterocycles. The van der Waals surface area contributed by atoms with Gasteiger partial charge >= 0.3 is 0 Å². The fourth-order valence-electron chi connectivity index (χ4n) is 3.52. The van der Waals surface area contributed by atoms with Gasteiger partial charge in [0.2, 0.25) is 5.91 Å². The summed E-state index contributed by atoms with van der Waals surface area (Å²) in [5, 5.41) is 8.10. The molecular formula is C25H17BrFN5O3S. The predicted molar refractivity (Wildman–Crippen MR) is 140 cm³/mol. The van der Waals surface area contributed by atoms with Crippen molar-refractivity contribution in [2.45, 2.75) is 5.16 Å². The van der Waals surface area contributed by atoms with E-state index < -0.39 is 11.4 Å². The van der Waals surface area contributed by atoms with E-state index >= 15 is 0 Å². The van der Waals surface area contributed by atoms with Gasteiger partial charge in [0.25, 0.3) is 5.56 Å². The molecule has 1 amide bonds. The van der Waals surface area contributed by atoms with Gasteiger partial charge in [0, 0.05) is 27.2 Å². The van der Waals surface area contributed by atoms with Gasteiger partial charge in [-0.3, -0.25) is 9.59 Å². The second-order valence-corrected chi connectivity index (χ2v) is 9.49. The summed E-state index contributed by atoms with van der Waals surface area (Å²) in [7, 11) is 1.55. The molecule has 0 aliphatic heterocycles. The summed E-state index contributed by atoms with van der Waals surface area (Å²) in [6.07, 6.45) is 0. The predicted octanol–water partition coefficient (Wildman–Crippen LogP) is 4.95. The molecule has 0 unspecified atom stereocenters. The highest BCUT2D eigenvalue weighted by atomic mass is 79.9. The van der Waals surface area contributed by atoms with E-state index in [0.29, 0.717) is 27.9 Å². The van der Waals surface area contributed by atoms with Crippen LogP contribution in [0.2, 0.25) is 0 Å². The molecule has 180 valence electrons. The standard InChI is InChI=1S/C25H17BrFN5O3S/c1-35-18-9-2-14(3-10-18)22-24(34)30-23-19-11-6-16(27)12-20(19)29-25(32(23)31-22)36-13-21(33)28-17-7-4-15(26)5-8-17/h2-12H,13H2,1H3,(H,28,33). The Kier molecular flexibility index (Phi) is 6.66. The molecule has 0 aliphatic rings. The van der Waals surface area contributed by atoms with E-state index in [-0.39, 0.29) is 28.2 Å². The van der Waals surface area contributed by atoms with Gasteiger partial charge in [0.1, 0.15) is 11.6 Å². The van der Waals surface area contributed by atoms with Crippen LogP contribution in [0.4, 0.5) is 10.1 Å². The number of fused-ring (bicyclic) bond motifs is 3. The maximum Gasteiger partial charge on any atom is 0.300 e. The number of hydrogen-bond donors (Lipinski definition) is 1. The molecule has 0 atom stereocenters. The second kappa shape index (κ2) is 10.0. The molecule has 2 heterocycles. The quantitative estimate of drug-likeness (QED) is 0.177. The number of methoxy groups -OCH3 is 1. The molecule has 0 bridgehead atoms. The minimum Gasteiger partial charge on any atom is -0.497 e. The normalized spacial score (nSPS) is 11.1. The summed E-state index contributed by atoms with van der Waals surface area (Å²) >= 11 is 4.46. The van der Waals surface area contributed by atoms with E-state index in [2.05, 4.69) is 36.3 Å². The van der Waals surface area contributed by atoms with E-state index in [1.807, 2.05) is 12.1 Å². The van der Waals surface area contributed by atoms with Gasteiger partial charge < -0.3 is 10.1 Å². The lowest BCUT2D eigenvalue weighted by Gasteiger charge is -2.11. The summed E-state index contributed by atoms with van der Waals surface area (Å²) < 4.78 is 21.4. The molecule has 0 fully saturated rings. The van der Waals surface area contributed by atoms with E-state index in [9.17, 15) is 14.0 Å². The maximum absolute atomic E-state index is 14.0. The largest absolute Gasteiger partial charge is 0.497 e. The zero-order chi connectivity index (χ0) is 25.2. The number of ether oxygens (including phenoxy) is 1. The van der Waals surface area contributed by atoms with E-state index in [4.69, 9.17) is 4.74 Å². The van der Waals surface area contributed by atoms with E-state index in [1.165, 1.54) is 22.7 Å². The molecular weight excluding hydrogens is 549 g/mol. The van der Waals surface area contributed by atoms with Crippen LogP contribution >= 0.6 is 27.7 Å². The van der Waals surface area contributed by atoms with Gasteiger partial charge in [-0.2, -0.15) is 14.6 Å². The Morgan fingerprint density at radius 1 is 1.08 bits per heavy atom. The first-order chi connectivity index (χ1) is 17.4. The number of halogens is 2. The smallest absolute Gasteiger partial charge is 0.300 e. The third kappa shape index (κ3) is 4.93. The van der Waals surface area contributed by atoms with E-state index in [0.717, 1.165) is 16.2 Å². The summed E-state index contributed by atoms with van der Waals surface area (Å²) in [4.78, 5) is 34.3. The van der Waals surface area contributed by atoms with Crippen LogP contribution in [0.1, 0.15) is 0 Å². The SMILES string of the molecule is COc1ccc(-c2nn3c(SCC(=O)Nc4ccc(Br)cc4)nc4cc(F)ccc4c3nc2=O)cc1. The Bertz CT molecular complexity index is 1660. The van der Waals surface area contributed by atoms with Crippen molar-refractivity contribution >= 4 is 55.8 Å². The van der Waals surface area contributed by atoms with Gasteiger partial charge in [0.05, 0.1) is 18.4 Å². The van der Waals surface area contributed by atoms with Crippen LogP contribution in [0.25, 0.3) is 27.8 Å². The highest BCUT2D eigenvalue weighted by Gasteiger charge is 2.17. The average Bonchev–Trinajstić information content (AvgIpc) is 2.88. The number of carbonyl (C=O) groups excluding carboxylic acids is 1. The molecule has 0 aliphatic carbocycles. The molecule has 0 saturated carbocycles. The number of rotatable bonds is 6. The molecule has 5 aromatic rings.